The van der Waals surface area contributed by atoms with Gasteiger partial charge in [-0.2, -0.15) is 0 Å². The summed E-state index contributed by atoms with van der Waals surface area (Å²) in [5, 5.41) is 11.1. The fraction of sp³-hybridized carbons (Fsp3) is 0.333. The number of nitrogens with zero attached hydrogens (tertiary/aromatic N) is 2. The maximum atomic E-state index is 13.5. The normalized spacial score (nSPS) is 18.1. The van der Waals surface area contributed by atoms with Gasteiger partial charge in [-0.15, -0.1) is 0 Å². The van der Waals surface area contributed by atoms with E-state index in [0.717, 1.165) is 6.54 Å². The molecular formula is C24H27FN2O4. The maximum absolute atomic E-state index is 13.5. The molecule has 31 heavy (non-hydrogen) atoms. The molecule has 1 aliphatic rings. The molecule has 1 fully saturated rings. The highest BCUT2D eigenvalue weighted by Crippen LogP contribution is 2.40. The van der Waals surface area contributed by atoms with Crippen molar-refractivity contribution < 1.29 is 23.8 Å². The summed E-state index contributed by atoms with van der Waals surface area (Å²) >= 11 is 0. The van der Waals surface area contributed by atoms with Gasteiger partial charge in [-0.1, -0.05) is 12.1 Å². The van der Waals surface area contributed by atoms with Crippen molar-refractivity contribution in [1.82, 2.24) is 9.80 Å². The molecule has 1 heterocycles. The highest BCUT2D eigenvalue weighted by atomic mass is 19.1. The summed E-state index contributed by atoms with van der Waals surface area (Å²) in [4.78, 5) is 29.3. The lowest BCUT2D eigenvalue weighted by atomic mass is 9.94. The number of hydrogen-bond acceptors (Lipinski definition) is 5. The van der Waals surface area contributed by atoms with Crippen LogP contribution in [-0.2, 0) is 9.59 Å². The molecule has 0 aromatic heterocycles. The number of ether oxygens (including phenoxy) is 1. The number of benzene rings is 2. The molecule has 1 aliphatic heterocycles. The molecule has 2 aromatic rings. The fourth-order valence-electron chi connectivity index (χ4n) is 3.83. The number of amides is 1. The smallest absolute Gasteiger partial charge is 0.295 e. The van der Waals surface area contributed by atoms with Gasteiger partial charge in [0.2, 0.25) is 0 Å². The first-order chi connectivity index (χ1) is 14.7. The molecule has 0 spiro atoms. The van der Waals surface area contributed by atoms with E-state index in [1.807, 2.05) is 19.0 Å². The van der Waals surface area contributed by atoms with Crippen LogP contribution in [0.5, 0.6) is 5.75 Å². The number of carbonyl (C=O) groups excluding carboxylic acids is 2. The number of likely N-dealkylation sites (tertiary alicyclic amines) is 1. The largest absolute Gasteiger partial charge is 0.507 e. The van der Waals surface area contributed by atoms with Crippen LogP contribution < -0.4 is 4.74 Å². The SMILES string of the molecule is COc1ccc(/C(O)=C2/C(=O)C(=O)N(CCCN(C)C)C2c2ccc(F)cc2)c(C)c1. The van der Waals surface area contributed by atoms with Crippen molar-refractivity contribution >= 4 is 17.4 Å². The summed E-state index contributed by atoms with van der Waals surface area (Å²) in [7, 11) is 5.40. The molecule has 1 N–H and O–H groups in total. The van der Waals surface area contributed by atoms with Gasteiger partial charge in [-0.3, -0.25) is 9.59 Å². The van der Waals surface area contributed by atoms with Crippen molar-refractivity contribution in [2.24, 2.45) is 0 Å². The van der Waals surface area contributed by atoms with Gasteiger partial charge in [0.05, 0.1) is 18.7 Å². The second kappa shape index (κ2) is 9.31. The van der Waals surface area contributed by atoms with Crippen molar-refractivity contribution in [2.45, 2.75) is 19.4 Å². The first kappa shape index (κ1) is 22.5. The molecule has 7 heteroatoms. The monoisotopic (exact) mass is 426 g/mol. The van der Waals surface area contributed by atoms with Crippen LogP contribution in [0.2, 0.25) is 0 Å². The minimum atomic E-state index is -0.788. The summed E-state index contributed by atoms with van der Waals surface area (Å²) in [6.07, 6.45) is 0.652. The second-order valence-electron chi connectivity index (χ2n) is 7.88. The molecule has 1 unspecified atom stereocenters. The minimum absolute atomic E-state index is 0.00901. The maximum Gasteiger partial charge on any atom is 0.295 e. The molecule has 1 saturated heterocycles. The third kappa shape index (κ3) is 4.61. The lowest BCUT2D eigenvalue weighted by Crippen LogP contribution is -2.32. The Labute approximate surface area is 181 Å². The summed E-state index contributed by atoms with van der Waals surface area (Å²) in [5.41, 5.74) is 1.72. The number of hydrogen-bond donors (Lipinski definition) is 1. The van der Waals surface area contributed by atoms with Crippen LogP contribution in [0.1, 0.15) is 29.2 Å². The van der Waals surface area contributed by atoms with E-state index in [4.69, 9.17) is 4.74 Å². The number of rotatable bonds is 7. The molecule has 164 valence electrons. The lowest BCUT2D eigenvalue weighted by Gasteiger charge is -2.26. The van der Waals surface area contributed by atoms with Gasteiger partial charge < -0.3 is 19.6 Å². The Hall–Kier alpha value is -3.19. The third-order valence-electron chi connectivity index (χ3n) is 5.42. The number of aliphatic hydroxyl groups is 1. The number of ketones is 1. The summed E-state index contributed by atoms with van der Waals surface area (Å²) < 4.78 is 18.7. The molecule has 2 aromatic carbocycles. The van der Waals surface area contributed by atoms with Gasteiger partial charge in [0.15, 0.2) is 0 Å². The van der Waals surface area contributed by atoms with Crippen molar-refractivity contribution in [3.63, 3.8) is 0 Å². The van der Waals surface area contributed by atoms with E-state index in [0.29, 0.717) is 35.4 Å². The first-order valence-corrected chi connectivity index (χ1v) is 10.1. The Bertz CT molecular complexity index is 1010. The fourth-order valence-corrected chi connectivity index (χ4v) is 3.83. The zero-order valence-corrected chi connectivity index (χ0v) is 18.2. The third-order valence-corrected chi connectivity index (χ3v) is 5.42. The van der Waals surface area contributed by atoms with Crippen molar-refractivity contribution in [3.05, 3.63) is 70.5 Å². The predicted molar refractivity (Wildman–Crippen MR) is 116 cm³/mol. The average Bonchev–Trinajstić information content (AvgIpc) is 2.98. The summed E-state index contributed by atoms with van der Waals surface area (Å²) in [5.74, 6) is -1.46. The van der Waals surface area contributed by atoms with Crippen LogP contribution >= 0.6 is 0 Å². The van der Waals surface area contributed by atoms with E-state index in [9.17, 15) is 19.1 Å². The van der Waals surface area contributed by atoms with Gasteiger partial charge in [-0.25, -0.2) is 4.39 Å². The Morgan fingerprint density at radius 3 is 2.42 bits per heavy atom. The molecule has 0 bridgehead atoms. The molecule has 0 aliphatic carbocycles. The molecule has 0 radical (unpaired) electrons. The van der Waals surface area contributed by atoms with E-state index in [2.05, 4.69) is 0 Å². The Morgan fingerprint density at radius 1 is 1.16 bits per heavy atom. The summed E-state index contributed by atoms with van der Waals surface area (Å²) in [6, 6.07) is 9.95. The Morgan fingerprint density at radius 2 is 1.84 bits per heavy atom. The topological polar surface area (TPSA) is 70.1 Å². The van der Waals surface area contributed by atoms with Crippen LogP contribution in [0.25, 0.3) is 5.76 Å². The predicted octanol–water partition coefficient (Wildman–Crippen LogP) is 3.52. The second-order valence-corrected chi connectivity index (χ2v) is 7.88. The zero-order chi connectivity index (χ0) is 22.7. The van der Waals surface area contributed by atoms with Crippen LogP contribution in [0.15, 0.2) is 48.0 Å². The van der Waals surface area contributed by atoms with Crippen molar-refractivity contribution in [2.75, 3.05) is 34.3 Å². The highest BCUT2D eigenvalue weighted by Gasteiger charge is 2.45. The molecule has 3 rings (SSSR count). The lowest BCUT2D eigenvalue weighted by molar-refractivity contribution is -0.139. The standard InChI is InChI=1S/C24H27FN2O4/c1-15-14-18(31-4)10-11-19(15)22(28)20-21(16-6-8-17(25)9-7-16)27(24(30)23(20)29)13-5-12-26(2)3/h6-11,14,21,28H,5,12-13H2,1-4H3/b22-20-. The number of Topliss-reactive ketones (excluding diaryl/α,β-unsaturated/α-hetero) is 1. The van der Waals surface area contributed by atoms with Crippen LogP contribution in [0, 0.1) is 12.7 Å². The number of aryl methyl sites for hydroxylation is 1. The van der Waals surface area contributed by atoms with Gasteiger partial charge in [0.1, 0.15) is 17.3 Å². The zero-order valence-electron chi connectivity index (χ0n) is 18.2. The highest BCUT2D eigenvalue weighted by molar-refractivity contribution is 6.46. The van der Waals surface area contributed by atoms with Gasteiger partial charge in [0, 0.05) is 12.1 Å². The first-order valence-electron chi connectivity index (χ1n) is 10.1. The Kier molecular flexibility index (Phi) is 6.75. The molecule has 0 saturated carbocycles. The van der Waals surface area contributed by atoms with E-state index in [1.54, 1.807) is 44.4 Å². The van der Waals surface area contributed by atoms with Crippen molar-refractivity contribution in [1.29, 1.82) is 0 Å². The van der Waals surface area contributed by atoms with Crippen LogP contribution in [0.3, 0.4) is 0 Å². The number of methoxy groups -OCH3 is 1. The molecular weight excluding hydrogens is 399 g/mol. The van der Waals surface area contributed by atoms with E-state index < -0.39 is 23.5 Å². The minimum Gasteiger partial charge on any atom is -0.507 e. The number of carbonyl (C=O) groups is 2. The van der Waals surface area contributed by atoms with E-state index in [1.165, 1.54) is 17.0 Å². The number of halogens is 1. The molecule has 1 amide bonds. The van der Waals surface area contributed by atoms with Crippen molar-refractivity contribution in [3.8, 4) is 5.75 Å². The van der Waals surface area contributed by atoms with Crippen LogP contribution in [-0.4, -0.2) is 60.9 Å². The van der Waals surface area contributed by atoms with Crippen LogP contribution in [0.4, 0.5) is 4.39 Å². The average molecular weight is 426 g/mol. The Balaban J connectivity index is 2.11. The number of aliphatic hydroxyl groups excluding tert-OH is 1. The summed E-state index contributed by atoms with van der Waals surface area (Å²) in [6.45, 7) is 2.86. The molecule has 1 atom stereocenters. The van der Waals surface area contributed by atoms with E-state index in [-0.39, 0.29) is 11.3 Å². The van der Waals surface area contributed by atoms with Gasteiger partial charge in [-0.05, 0) is 75.4 Å². The quantitative estimate of drug-likeness (QED) is 0.417. The molecule has 6 nitrogen and oxygen atoms in total. The van der Waals surface area contributed by atoms with E-state index >= 15 is 0 Å². The van der Waals surface area contributed by atoms with Gasteiger partial charge >= 0.3 is 0 Å². The van der Waals surface area contributed by atoms with Gasteiger partial charge in [0.25, 0.3) is 11.7 Å².